The highest BCUT2D eigenvalue weighted by Gasteiger charge is 2.26. The van der Waals surface area contributed by atoms with Gasteiger partial charge in [0.2, 0.25) is 0 Å². The van der Waals surface area contributed by atoms with Crippen molar-refractivity contribution >= 4 is 19.6 Å². The maximum Gasteiger partial charge on any atom is 0.140 e. The van der Waals surface area contributed by atoms with Crippen molar-refractivity contribution in [1.29, 1.82) is 0 Å². The molecule has 0 spiro atoms. The molecule has 0 fully saturated rings. The van der Waals surface area contributed by atoms with Gasteiger partial charge in [-0.15, -0.1) is 0 Å². The van der Waals surface area contributed by atoms with Crippen molar-refractivity contribution in [3.05, 3.63) is 137 Å². The molecule has 2 aromatic carbocycles. The fourth-order valence-corrected chi connectivity index (χ4v) is 6.33. The number of hydrogen-bond acceptors (Lipinski definition) is 1. The van der Waals surface area contributed by atoms with E-state index in [1.165, 1.54) is 21.8 Å². The molecule has 0 saturated carbocycles. The Bertz CT molecular complexity index is 1180. The molecule has 180 valence electrons. The first kappa shape index (κ1) is 26.4. The highest BCUT2D eigenvalue weighted by molar-refractivity contribution is 7.65. The van der Waals surface area contributed by atoms with Gasteiger partial charge in [-0.2, -0.15) is 0 Å². The van der Waals surface area contributed by atoms with Crippen LogP contribution in [-0.4, -0.2) is 17.6 Å². The van der Waals surface area contributed by atoms with Crippen LogP contribution in [0, 0.1) is 6.92 Å². The fourth-order valence-electron chi connectivity index (χ4n) is 4.01. The molecule has 3 rings (SSSR count). The second kappa shape index (κ2) is 13.6. The molecule has 1 aliphatic carbocycles. The van der Waals surface area contributed by atoms with E-state index in [0.717, 1.165) is 36.3 Å². The summed E-state index contributed by atoms with van der Waals surface area (Å²) >= 11 is 0. The lowest BCUT2D eigenvalue weighted by atomic mass is 10.1. The summed E-state index contributed by atoms with van der Waals surface area (Å²) in [5.74, 6) is 0.978. The minimum Gasteiger partial charge on any atom is -0.331 e. The molecule has 0 aromatic heterocycles. The minimum absolute atomic E-state index is 0.864. The molecule has 0 saturated heterocycles. The van der Waals surface area contributed by atoms with E-state index in [1.807, 2.05) is 13.0 Å². The molecule has 1 atom stereocenters. The van der Waals surface area contributed by atoms with Gasteiger partial charge >= 0.3 is 0 Å². The molecule has 0 radical (unpaired) electrons. The van der Waals surface area contributed by atoms with Crippen LogP contribution in [0.4, 0.5) is 5.69 Å². The van der Waals surface area contributed by atoms with Crippen molar-refractivity contribution in [2.75, 3.05) is 7.05 Å². The van der Waals surface area contributed by atoms with E-state index in [9.17, 15) is 0 Å². The number of para-hydroxylation sites is 1. The van der Waals surface area contributed by atoms with E-state index in [-0.39, 0.29) is 0 Å². The van der Waals surface area contributed by atoms with E-state index in [1.54, 1.807) is 0 Å². The van der Waals surface area contributed by atoms with Crippen LogP contribution in [0.5, 0.6) is 0 Å². The molecular weight excluding hydrogens is 443 g/mol. The Kier molecular flexibility index (Phi) is 10.3. The first-order valence-corrected chi connectivity index (χ1v) is 13.6. The summed E-state index contributed by atoms with van der Waals surface area (Å²) in [4.78, 5) is 5.33. The zero-order chi connectivity index (χ0) is 25.0. The topological polar surface area (TPSA) is 15.6 Å². The minimum atomic E-state index is -0.864. The average molecular weight is 481 g/mol. The third-order valence-electron chi connectivity index (χ3n) is 5.81. The van der Waals surface area contributed by atoms with Crippen molar-refractivity contribution in [3.63, 3.8) is 0 Å². The number of benzene rings is 2. The molecule has 0 heterocycles. The number of nitrogens with zero attached hydrogens (tertiary/aromatic N) is 2. The maximum absolute atomic E-state index is 5.33. The van der Waals surface area contributed by atoms with E-state index in [0.29, 0.717) is 0 Å². The summed E-state index contributed by atoms with van der Waals surface area (Å²) in [5, 5.41) is 2.57. The first-order valence-electron chi connectivity index (χ1n) is 12.3. The van der Waals surface area contributed by atoms with E-state index in [4.69, 9.17) is 4.99 Å². The summed E-state index contributed by atoms with van der Waals surface area (Å²) in [6.45, 7) is 10.6. The Morgan fingerprint density at radius 1 is 1.09 bits per heavy atom. The smallest absolute Gasteiger partial charge is 0.140 e. The lowest BCUT2D eigenvalue weighted by Crippen LogP contribution is -2.24. The number of hydrogen-bond donors (Lipinski definition) is 0. The molecule has 0 aliphatic heterocycles. The third-order valence-corrected chi connectivity index (χ3v) is 8.30. The number of amidine groups is 1. The van der Waals surface area contributed by atoms with Crippen LogP contribution >= 0.6 is 8.07 Å². The third kappa shape index (κ3) is 7.13. The Hall–Kier alpha value is -3.22. The molecule has 3 heteroatoms. The van der Waals surface area contributed by atoms with Gasteiger partial charge in [-0.1, -0.05) is 123 Å². The van der Waals surface area contributed by atoms with Gasteiger partial charge in [-0.3, -0.25) is 0 Å². The van der Waals surface area contributed by atoms with Gasteiger partial charge < -0.3 is 4.67 Å². The van der Waals surface area contributed by atoms with Crippen molar-refractivity contribution in [3.8, 4) is 0 Å². The lowest BCUT2D eigenvalue weighted by Gasteiger charge is -2.33. The van der Waals surface area contributed by atoms with Crippen LogP contribution in [-0.2, 0) is 6.42 Å². The number of rotatable bonds is 9. The number of aliphatic imine (C=N–C) groups is 1. The molecule has 1 unspecified atom stereocenters. The summed E-state index contributed by atoms with van der Waals surface area (Å²) in [6.07, 6.45) is 22.2. The molecular formula is C32H37N2P. The van der Waals surface area contributed by atoms with Crippen LogP contribution in [0.15, 0.2) is 125 Å². The maximum atomic E-state index is 5.33. The van der Waals surface area contributed by atoms with Crippen molar-refractivity contribution < 1.29 is 0 Å². The zero-order valence-corrected chi connectivity index (χ0v) is 22.4. The Morgan fingerprint density at radius 2 is 1.86 bits per heavy atom. The van der Waals surface area contributed by atoms with Crippen LogP contribution in [0.25, 0.3) is 0 Å². The predicted octanol–water partition coefficient (Wildman–Crippen LogP) is 9.40. The van der Waals surface area contributed by atoms with Crippen molar-refractivity contribution in [1.82, 2.24) is 4.67 Å². The molecule has 2 aromatic rings. The SMILES string of the molecule is C=C/C(=C\C=C/C)P(C1=CC=CC=CC1)N(C)C(=Nc1ccccc1CCC)c1ccc(C)cc1. The van der Waals surface area contributed by atoms with E-state index >= 15 is 0 Å². The van der Waals surface area contributed by atoms with Gasteiger partial charge in [0.15, 0.2) is 0 Å². The van der Waals surface area contributed by atoms with Gasteiger partial charge in [-0.05, 0) is 48.9 Å². The van der Waals surface area contributed by atoms with Gasteiger partial charge in [0, 0.05) is 12.6 Å². The van der Waals surface area contributed by atoms with E-state index in [2.05, 4.69) is 129 Å². The summed E-state index contributed by atoms with van der Waals surface area (Å²) < 4.78 is 2.37. The second-order valence-electron chi connectivity index (χ2n) is 8.51. The van der Waals surface area contributed by atoms with Gasteiger partial charge in [0.25, 0.3) is 0 Å². The Balaban J connectivity index is 2.21. The molecule has 0 bridgehead atoms. The van der Waals surface area contributed by atoms with Crippen LogP contribution in [0.1, 0.15) is 43.4 Å². The van der Waals surface area contributed by atoms with Crippen molar-refractivity contribution in [2.24, 2.45) is 4.99 Å². The summed E-state index contributed by atoms with van der Waals surface area (Å²) in [5.41, 5.74) is 4.68. The van der Waals surface area contributed by atoms with Gasteiger partial charge in [0.1, 0.15) is 5.84 Å². The average Bonchev–Trinajstić information content (AvgIpc) is 3.16. The monoisotopic (exact) mass is 480 g/mol. The van der Waals surface area contributed by atoms with Gasteiger partial charge in [-0.25, -0.2) is 4.99 Å². The fraction of sp³-hybridized carbons (Fsp3) is 0.219. The van der Waals surface area contributed by atoms with Gasteiger partial charge in [0.05, 0.1) is 13.8 Å². The number of allylic oxidation sites excluding steroid dienone is 11. The van der Waals surface area contributed by atoms with Crippen LogP contribution < -0.4 is 0 Å². The normalized spacial score (nSPS) is 15.1. The first-order chi connectivity index (χ1) is 17.1. The highest BCUT2D eigenvalue weighted by atomic mass is 31.1. The second-order valence-corrected chi connectivity index (χ2v) is 10.8. The lowest BCUT2D eigenvalue weighted by molar-refractivity contribution is 0.819. The molecule has 0 amide bonds. The molecule has 0 N–H and O–H groups in total. The molecule has 2 nitrogen and oxygen atoms in total. The highest BCUT2D eigenvalue weighted by Crippen LogP contribution is 2.57. The molecule has 35 heavy (non-hydrogen) atoms. The van der Waals surface area contributed by atoms with E-state index < -0.39 is 8.07 Å². The Morgan fingerprint density at radius 3 is 2.57 bits per heavy atom. The van der Waals surface area contributed by atoms with Crippen LogP contribution in [0.3, 0.4) is 0 Å². The largest absolute Gasteiger partial charge is 0.331 e. The van der Waals surface area contributed by atoms with Crippen LogP contribution in [0.2, 0.25) is 0 Å². The zero-order valence-electron chi connectivity index (χ0n) is 21.5. The standard InChI is InChI=1S/C32H37N2P/c1-6-9-18-29(8-3)35(30-19-12-10-11-13-20-30)34(5)32(28-24-22-26(4)23-25-28)33-31-21-15-14-17-27(31)16-7-2/h6,8-15,17-19,21-25H,3,7,16,20H2,1-2,4-5H3/b9-6-,29-18+,33-32?. The van der Waals surface area contributed by atoms with Crippen molar-refractivity contribution in [2.45, 2.75) is 40.0 Å². The summed E-state index contributed by atoms with van der Waals surface area (Å²) in [6, 6.07) is 17.2. The quantitative estimate of drug-likeness (QED) is 0.151. The number of aryl methyl sites for hydroxylation is 2. The molecule has 1 aliphatic rings. The Labute approximate surface area is 213 Å². The predicted molar refractivity (Wildman–Crippen MR) is 157 cm³/mol. The summed E-state index contributed by atoms with van der Waals surface area (Å²) in [7, 11) is 1.32.